The van der Waals surface area contributed by atoms with Gasteiger partial charge in [-0.1, -0.05) is 18.2 Å². The standard InChI is InChI=1S/C17H17N5O2/c1-21(17-14(9-16(23)24)10-18-12-19-17)11-13-5-2-3-6-15(13)22-8-4-7-20-22/h2-8,10,12H,9,11H2,1H3,(H,23,24). The molecule has 0 bridgehead atoms. The lowest BCUT2D eigenvalue weighted by molar-refractivity contribution is -0.136. The molecular weight excluding hydrogens is 306 g/mol. The van der Waals surface area contributed by atoms with E-state index in [1.165, 1.54) is 6.33 Å². The third-order valence-electron chi connectivity index (χ3n) is 3.62. The zero-order chi connectivity index (χ0) is 16.9. The van der Waals surface area contributed by atoms with Crippen molar-refractivity contribution in [3.05, 3.63) is 66.4 Å². The van der Waals surface area contributed by atoms with E-state index in [1.54, 1.807) is 17.1 Å². The second-order valence-corrected chi connectivity index (χ2v) is 5.38. The van der Waals surface area contributed by atoms with E-state index < -0.39 is 5.97 Å². The van der Waals surface area contributed by atoms with Gasteiger partial charge in [-0.25, -0.2) is 14.6 Å². The summed E-state index contributed by atoms with van der Waals surface area (Å²) in [6.45, 7) is 0.569. The van der Waals surface area contributed by atoms with Crippen molar-refractivity contribution in [2.75, 3.05) is 11.9 Å². The first-order chi connectivity index (χ1) is 11.6. The van der Waals surface area contributed by atoms with Crippen LogP contribution in [-0.4, -0.2) is 37.9 Å². The van der Waals surface area contributed by atoms with Crippen LogP contribution in [0.2, 0.25) is 0 Å². The normalized spacial score (nSPS) is 10.5. The van der Waals surface area contributed by atoms with Crippen LogP contribution < -0.4 is 4.90 Å². The summed E-state index contributed by atoms with van der Waals surface area (Å²) in [5.74, 6) is -0.293. The summed E-state index contributed by atoms with van der Waals surface area (Å²) in [5, 5.41) is 13.3. The van der Waals surface area contributed by atoms with Crippen molar-refractivity contribution in [2.24, 2.45) is 0 Å². The van der Waals surface area contributed by atoms with Crippen molar-refractivity contribution in [3.8, 4) is 5.69 Å². The molecule has 24 heavy (non-hydrogen) atoms. The second-order valence-electron chi connectivity index (χ2n) is 5.38. The number of hydrogen-bond acceptors (Lipinski definition) is 5. The number of hydrogen-bond donors (Lipinski definition) is 1. The molecule has 2 aromatic heterocycles. The number of aromatic nitrogens is 4. The Morgan fingerprint density at radius 3 is 2.83 bits per heavy atom. The van der Waals surface area contributed by atoms with E-state index >= 15 is 0 Å². The summed E-state index contributed by atoms with van der Waals surface area (Å²) in [4.78, 5) is 21.1. The monoisotopic (exact) mass is 323 g/mol. The van der Waals surface area contributed by atoms with E-state index in [-0.39, 0.29) is 6.42 Å². The minimum Gasteiger partial charge on any atom is -0.481 e. The summed E-state index contributed by atoms with van der Waals surface area (Å²) in [7, 11) is 1.88. The minimum absolute atomic E-state index is 0.110. The molecule has 0 amide bonds. The molecule has 0 fully saturated rings. The lowest BCUT2D eigenvalue weighted by Gasteiger charge is -2.22. The topological polar surface area (TPSA) is 84.1 Å². The molecule has 0 radical (unpaired) electrons. The molecular formula is C17H17N5O2. The highest BCUT2D eigenvalue weighted by Gasteiger charge is 2.14. The highest BCUT2D eigenvalue weighted by atomic mass is 16.4. The van der Waals surface area contributed by atoms with Gasteiger partial charge in [0.05, 0.1) is 12.1 Å². The molecule has 122 valence electrons. The molecule has 0 saturated carbocycles. The van der Waals surface area contributed by atoms with Crippen LogP contribution in [0, 0.1) is 0 Å². The first kappa shape index (κ1) is 15.7. The van der Waals surface area contributed by atoms with Gasteiger partial charge in [0.15, 0.2) is 0 Å². The first-order valence-electron chi connectivity index (χ1n) is 7.45. The molecule has 0 spiro atoms. The quantitative estimate of drug-likeness (QED) is 0.746. The Bertz CT molecular complexity index is 833. The largest absolute Gasteiger partial charge is 0.481 e. The Balaban J connectivity index is 1.89. The zero-order valence-electron chi connectivity index (χ0n) is 13.2. The summed E-state index contributed by atoms with van der Waals surface area (Å²) < 4.78 is 1.81. The molecule has 2 heterocycles. The highest BCUT2D eigenvalue weighted by molar-refractivity contribution is 5.72. The number of nitrogens with zero attached hydrogens (tertiary/aromatic N) is 5. The van der Waals surface area contributed by atoms with Crippen LogP contribution in [0.5, 0.6) is 0 Å². The Morgan fingerprint density at radius 1 is 1.25 bits per heavy atom. The van der Waals surface area contributed by atoms with E-state index in [1.807, 2.05) is 48.5 Å². The molecule has 0 unspecified atom stereocenters. The van der Waals surface area contributed by atoms with E-state index in [0.717, 1.165) is 11.3 Å². The SMILES string of the molecule is CN(Cc1ccccc1-n1cccn1)c1ncncc1CC(=O)O. The molecule has 1 aromatic carbocycles. The maximum absolute atomic E-state index is 11.0. The van der Waals surface area contributed by atoms with E-state index in [0.29, 0.717) is 17.9 Å². The molecule has 3 rings (SSSR count). The van der Waals surface area contributed by atoms with Gasteiger partial charge in [-0.05, 0) is 17.7 Å². The molecule has 3 aromatic rings. The number of aliphatic carboxylic acids is 1. The summed E-state index contributed by atoms with van der Waals surface area (Å²) in [5.41, 5.74) is 2.62. The van der Waals surface area contributed by atoms with Crippen molar-refractivity contribution >= 4 is 11.8 Å². The van der Waals surface area contributed by atoms with E-state index in [2.05, 4.69) is 15.1 Å². The number of carbonyl (C=O) groups is 1. The van der Waals surface area contributed by atoms with Gasteiger partial charge >= 0.3 is 5.97 Å². The number of anilines is 1. The van der Waals surface area contributed by atoms with Crippen molar-refractivity contribution in [2.45, 2.75) is 13.0 Å². The van der Waals surface area contributed by atoms with E-state index in [4.69, 9.17) is 5.11 Å². The van der Waals surface area contributed by atoms with Crippen LogP contribution in [0.25, 0.3) is 5.69 Å². The molecule has 0 atom stereocenters. The molecule has 0 aliphatic heterocycles. The Labute approximate surface area is 139 Å². The van der Waals surface area contributed by atoms with Gasteiger partial charge < -0.3 is 10.0 Å². The predicted molar refractivity (Wildman–Crippen MR) is 89.0 cm³/mol. The van der Waals surface area contributed by atoms with Crippen molar-refractivity contribution < 1.29 is 9.90 Å². The molecule has 7 nitrogen and oxygen atoms in total. The fourth-order valence-corrected chi connectivity index (χ4v) is 2.59. The van der Waals surface area contributed by atoms with Crippen molar-refractivity contribution in [1.29, 1.82) is 0 Å². The lowest BCUT2D eigenvalue weighted by Crippen LogP contribution is -2.21. The van der Waals surface area contributed by atoms with Crippen LogP contribution in [0.4, 0.5) is 5.82 Å². The fourth-order valence-electron chi connectivity index (χ4n) is 2.59. The Morgan fingerprint density at radius 2 is 2.08 bits per heavy atom. The highest BCUT2D eigenvalue weighted by Crippen LogP contribution is 2.21. The third-order valence-corrected chi connectivity index (χ3v) is 3.62. The van der Waals surface area contributed by atoms with Crippen LogP contribution in [0.15, 0.2) is 55.2 Å². The summed E-state index contributed by atoms with van der Waals surface area (Å²) in [6.07, 6.45) is 6.49. The molecule has 0 aliphatic carbocycles. The van der Waals surface area contributed by atoms with Gasteiger partial charge in [-0.15, -0.1) is 0 Å². The molecule has 1 N–H and O–H groups in total. The smallest absolute Gasteiger partial charge is 0.308 e. The van der Waals surface area contributed by atoms with E-state index in [9.17, 15) is 4.79 Å². The zero-order valence-corrected chi connectivity index (χ0v) is 13.2. The maximum atomic E-state index is 11.0. The maximum Gasteiger partial charge on any atom is 0.308 e. The minimum atomic E-state index is -0.906. The average Bonchev–Trinajstić information content (AvgIpc) is 3.09. The van der Waals surface area contributed by atoms with Crippen molar-refractivity contribution in [1.82, 2.24) is 19.7 Å². The second kappa shape index (κ2) is 6.91. The molecule has 0 aliphatic rings. The number of benzene rings is 1. The predicted octanol–water partition coefficient (Wildman–Crippen LogP) is 1.93. The number of rotatable bonds is 6. The summed E-state index contributed by atoms with van der Waals surface area (Å²) >= 11 is 0. The Hall–Kier alpha value is -3.22. The first-order valence-corrected chi connectivity index (χ1v) is 7.45. The lowest BCUT2D eigenvalue weighted by atomic mass is 10.1. The number of para-hydroxylation sites is 1. The van der Waals surface area contributed by atoms with Gasteiger partial charge in [-0.2, -0.15) is 5.10 Å². The van der Waals surface area contributed by atoms with Gasteiger partial charge in [0.1, 0.15) is 12.1 Å². The average molecular weight is 323 g/mol. The van der Waals surface area contributed by atoms with Crippen LogP contribution in [0.1, 0.15) is 11.1 Å². The van der Waals surface area contributed by atoms with Gasteiger partial charge in [0, 0.05) is 37.7 Å². The number of carboxylic acids is 1. The summed E-state index contributed by atoms with van der Waals surface area (Å²) in [6, 6.07) is 9.81. The molecule has 0 saturated heterocycles. The van der Waals surface area contributed by atoms with Crippen LogP contribution >= 0.6 is 0 Å². The fraction of sp³-hybridized carbons (Fsp3) is 0.176. The van der Waals surface area contributed by atoms with Gasteiger partial charge in [-0.3, -0.25) is 4.79 Å². The van der Waals surface area contributed by atoms with Gasteiger partial charge in [0.25, 0.3) is 0 Å². The third kappa shape index (κ3) is 3.40. The van der Waals surface area contributed by atoms with Crippen LogP contribution in [-0.2, 0) is 17.8 Å². The van der Waals surface area contributed by atoms with Gasteiger partial charge in [0.2, 0.25) is 0 Å². The number of carboxylic acid groups (broad SMARTS) is 1. The Kier molecular flexibility index (Phi) is 4.51. The van der Waals surface area contributed by atoms with Crippen LogP contribution in [0.3, 0.4) is 0 Å². The van der Waals surface area contributed by atoms with Crippen molar-refractivity contribution in [3.63, 3.8) is 0 Å². The molecule has 7 heteroatoms.